The lowest BCUT2D eigenvalue weighted by molar-refractivity contribution is -0.131. The van der Waals surface area contributed by atoms with Crippen molar-refractivity contribution >= 4 is 5.91 Å². The molecule has 0 spiro atoms. The fourth-order valence-corrected chi connectivity index (χ4v) is 5.27. The number of likely N-dealkylation sites (tertiary alicyclic amines) is 1. The highest BCUT2D eigenvalue weighted by Gasteiger charge is 2.28. The Morgan fingerprint density at radius 2 is 1.94 bits per heavy atom. The van der Waals surface area contributed by atoms with Crippen LogP contribution in [0.25, 0.3) is 0 Å². The van der Waals surface area contributed by atoms with Crippen LogP contribution in [-0.2, 0) is 17.6 Å². The highest BCUT2D eigenvalue weighted by atomic mass is 16.7. The number of hydrogen-bond acceptors (Lipinski definition) is 5. The molecule has 3 heterocycles. The first-order chi connectivity index (χ1) is 16.1. The first-order valence-corrected chi connectivity index (χ1v) is 12.2. The molecule has 3 aliphatic rings. The molecule has 3 aliphatic heterocycles. The van der Waals surface area contributed by atoms with E-state index < -0.39 is 0 Å². The first kappa shape index (κ1) is 22.1. The van der Waals surface area contributed by atoms with Crippen LogP contribution in [0.15, 0.2) is 36.4 Å². The number of carbonyl (C=O) groups excluding carboxylic acids is 1. The fraction of sp³-hybridized carbons (Fsp3) is 0.519. The van der Waals surface area contributed by atoms with Crippen molar-refractivity contribution in [2.45, 2.75) is 39.0 Å². The normalized spacial score (nSPS) is 20.5. The van der Waals surface area contributed by atoms with Gasteiger partial charge in [0.1, 0.15) is 5.75 Å². The summed E-state index contributed by atoms with van der Waals surface area (Å²) in [4.78, 5) is 17.7. The van der Waals surface area contributed by atoms with Gasteiger partial charge in [-0.1, -0.05) is 12.1 Å². The lowest BCUT2D eigenvalue weighted by Gasteiger charge is -2.35. The van der Waals surface area contributed by atoms with Gasteiger partial charge in [-0.25, -0.2) is 0 Å². The standard InChI is InChI=1S/C27H34N2O4/c1-20-5-2-7-24(13-20)31-12-4-10-28-9-3-6-21(17-28)18-29-11-8-22-14-25-26(33-19-32-25)15-23(22)16-27(29)30/h2,5,7,13-15,21H,3-4,6,8-12,16-19H2,1H3. The number of rotatable bonds is 7. The van der Waals surface area contributed by atoms with E-state index in [2.05, 4.69) is 34.9 Å². The van der Waals surface area contributed by atoms with Crippen molar-refractivity contribution in [3.8, 4) is 17.2 Å². The molecule has 6 heteroatoms. The van der Waals surface area contributed by atoms with E-state index in [-0.39, 0.29) is 12.7 Å². The average Bonchev–Trinajstić information content (AvgIpc) is 3.21. The molecule has 2 aromatic rings. The Kier molecular flexibility index (Phi) is 6.72. The van der Waals surface area contributed by atoms with Gasteiger partial charge in [-0.3, -0.25) is 4.79 Å². The van der Waals surface area contributed by atoms with E-state index in [1.54, 1.807) is 0 Å². The molecule has 0 radical (unpaired) electrons. The van der Waals surface area contributed by atoms with Crippen molar-refractivity contribution in [1.82, 2.24) is 9.80 Å². The van der Waals surface area contributed by atoms with Gasteiger partial charge in [0.15, 0.2) is 11.5 Å². The molecule has 1 saturated heterocycles. The summed E-state index contributed by atoms with van der Waals surface area (Å²) >= 11 is 0. The maximum absolute atomic E-state index is 13.0. The van der Waals surface area contributed by atoms with E-state index in [1.165, 1.54) is 24.0 Å². The Bertz CT molecular complexity index is 992. The summed E-state index contributed by atoms with van der Waals surface area (Å²) in [7, 11) is 0. The van der Waals surface area contributed by atoms with E-state index in [1.807, 2.05) is 18.2 Å². The number of aryl methyl sites for hydroxylation is 1. The molecule has 0 aliphatic carbocycles. The highest BCUT2D eigenvalue weighted by Crippen LogP contribution is 2.36. The number of nitrogens with zero attached hydrogens (tertiary/aromatic N) is 2. The molecule has 0 aromatic heterocycles. The third kappa shape index (κ3) is 5.44. The summed E-state index contributed by atoms with van der Waals surface area (Å²) in [5.41, 5.74) is 3.53. The second-order valence-electron chi connectivity index (χ2n) is 9.57. The molecule has 2 aromatic carbocycles. The Balaban J connectivity index is 1.09. The van der Waals surface area contributed by atoms with Crippen molar-refractivity contribution < 1.29 is 19.0 Å². The van der Waals surface area contributed by atoms with Gasteiger partial charge in [-0.15, -0.1) is 0 Å². The first-order valence-electron chi connectivity index (χ1n) is 12.2. The Morgan fingerprint density at radius 3 is 2.79 bits per heavy atom. The van der Waals surface area contributed by atoms with Crippen LogP contribution in [0.4, 0.5) is 0 Å². The van der Waals surface area contributed by atoms with Crippen LogP contribution in [0.2, 0.25) is 0 Å². The smallest absolute Gasteiger partial charge is 0.231 e. The summed E-state index contributed by atoms with van der Waals surface area (Å²) < 4.78 is 17.0. The fourth-order valence-electron chi connectivity index (χ4n) is 5.27. The number of amides is 1. The Labute approximate surface area is 196 Å². The van der Waals surface area contributed by atoms with Crippen LogP contribution in [0.1, 0.15) is 36.0 Å². The predicted octanol–water partition coefficient (Wildman–Crippen LogP) is 3.83. The number of fused-ring (bicyclic) bond motifs is 2. The summed E-state index contributed by atoms with van der Waals surface area (Å²) in [5.74, 6) is 3.30. The molecule has 0 bridgehead atoms. The number of ether oxygens (including phenoxy) is 3. The van der Waals surface area contributed by atoms with Gasteiger partial charge in [0.05, 0.1) is 13.0 Å². The van der Waals surface area contributed by atoms with Gasteiger partial charge in [0.25, 0.3) is 0 Å². The van der Waals surface area contributed by atoms with Crippen molar-refractivity contribution in [3.63, 3.8) is 0 Å². The minimum absolute atomic E-state index is 0.233. The lowest BCUT2D eigenvalue weighted by Crippen LogP contribution is -2.43. The van der Waals surface area contributed by atoms with Crippen LogP contribution in [0.3, 0.4) is 0 Å². The molecular formula is C27H34N2O4. The molecule has 0 N–H and O–H groups in total. The van der Waals surface area contributed by atoms with Gasteiger partial charge >= 0.3 is 0 Å². The molecule has 1 amide bonds. The molecule has 1 fully saturated rings. The van der Waals surface area contributed by atoms with E-state index in [0.29, 0.717) is 12.3 Å². The lowest BCUT2D eigenvalue weighted by atomic mass is 9.97. The largest absolute Gasteiger partial charge is 0.494 e. The van der Waals surface area contributed by atoms with Crippen molar-refractivity contribution in [2.75, 3.05) is 46.1 Å². The number of piperidine rings is 1. The molecular weight excluding hydrogens is 416 g/mol. The topological polar surface area (TPSA) is 51.2 Å². The third-order valence-electron chi connectivity index (χ3n) is 7.00. The Hall–Kier alpha value is -2.73. The van der Waals surface area contributed by atoms with Crippen LogP contribution < -0.4 is 14.2 Å². The van der Waals surface area contributed by atoms with Crippen LogP contribution in [0, 0.1) is 12.8 Å². The zero-order chi connectivity index (χ0) is 22.6. The minimum Gasteiger partial charge on any atom is -0.494 e. The van der Waals surface area contributed by atoms with Crippen molar-refractivity contribution in [1.29, 1.82) is 0 Å². The van der Waals surface area contributed by atoms with Crippen molar-refractivity contribution in [3.05, 3.63) is 53.1 Å². The van der Waals surface area contributed by atoms with Gasteiger partial charge in [0, 0.05) is 26.2 Å². The second kappa shape index (κ2) is 10.0. The van der Waals surface area contributed by atoms with Gasteiger partial charge in [-0.05, 0) is 86.0 Å². The van der Waals surface area contributed by atoms with Crippen LogP contribution >= 0.6 is 0 Å². The number of benzene rings is 2. The molecule has 1 unspecified atom stereocenters. The summed E-state index contributed by atoms with van der Waals surface area (Å²) in [6.07, 6.45) is 4.76. The molecule has 33 heavy (non-hydrogen) atoms. The Morgan fingerprint density at radius 1 is 1.09 bits per heavy atom. The average molecular weight is 451 g/mol. The van der Waals surface area contributed by atoms with Gasteiger partial charge < -0.3 is 24.0 Å². The van der Waals surface area contributed by atoms with Gasteiger partial charge in [-0.2, -0.15) is 0 Å². The maximum atomic E-state index is 13.0. The molecule has 5 rings (SSSR count). The monoisotopic (exact) mass is 450 g/mol. The van der Waals surface area contributed by atoms with E-state index in [9.17, 15) is 4.79 Å². The number of carbonyl (C=O) groups is 1. The van der Waals surface area contributed by atoms with Crippen molar-refractivity contribution in [2.24, 2.45) is 5.92 Å². The maximum Gasteiger partial charge on any atom is 0.231 e. The van der Waals surface area contributed by atoms with Gasteiger partial charge in [0.2, 0.25) is 12.7 Å². The second-order valence-corrected chi connectivity index (χ2v) is 9.57. The molecule has 6 nitrogen and oxygen atoms in total. The third-order valence-corrected chi connectivity index (χ3v) is 7.00. The highest BCUT2D eigenvalue weighted by molar-refractivity contribution is 5.80. The zero-order valence-electron chi connectivity index (χ0n) is 19.6. The summed E-state index contributed by atoms with van der Waals surface area (Å²) in [6.45, 7) is 8.00. The SMILES string of the molecule is Cc1cccc(OCCCN2CCCC(CN3CCc4cc5c(cc4CC3=O)OCO5)C2)c1. The van der Waals surface area contributed by atoms with Crippen LogP contribution in [-0.4, -0.2) is 61.8 Å². The van der Waals surface area contributed by atoms with E-state index in [0.717, 1.165) is 75.0 Å². The molecule has 176 valence electrons. The number of hydrogen-bond donors (Lipinski definition) is 0. The van der Waals surface area contributed by atoms with Crippen LogP contribution in [0.5, 0.6) is 17.2 Å². The van der Waals surface area contributed by atoms with E-state index >= 15 is 0 Å². The summed E-state index contributed by atoms with van der Waals surface area (Å²) in [6, 6.07) is 12.3. The quantitative estimate of drug-likeness (QED) is 0.600. The summed E-state index contributed by atoms with van der Waals surface area (Å²) in [5, 5.41) is 0. The predicted molar refractivity (Wildman–Crippen MR) is 127 cm³/mol. The minimum atomic E-state index is 0.233. The molecule has 1 atom stereocenters. The van der Waals surface area contributed by atoms with E-state index in [4.69, 9.17) is 14.2 Å². The zero-order valence-corrected chi connectivity index (χ0v) is 19.6. The molecule has 0 saturated carbocycles.